The second-order valence-electron chi connectivity index (χ2n) is 4.63. The van der Waals surface area contributed by atoms with Crippen molar-refractivity contribution in [1.29, 1.82) is 0 Å². The summed E-state index contributed by atoms with van der Waals surface area (Å²) in [6.45, 7) is 0.310. The number of benzene rings is 2. The molecule has 0 radical (unpaired) electrons. The molecule has 104 valence electrons. The van der Waals surface area contributed by atoms with Crippen LogP contribution in [0.5, 0.6) is 17.2 Å². The Morgan fingerprint density at radius 3 is 2.60 bits per heavy atom. The van der Waals surface area contributed by atoms with E-state index in [2.05, 4.69) is 34.1 Å². The first kappa shape index (κ1) is 13.3. The number of alkyl halides is 1. The van der Waals surface area contributed by atoms with E-state index in [0.29, 0.717) is 6.79 Å². The van der Waals surface area contributed by atoms with E-state index in [1.165, 1.54) is 11.1 Å². The highest BCUT2D eigenvalue weighted by Gasteiger charge is 2.16. The molecule has 0 aliphatic carbocycles. The van der Waals surface area contributed by atoms with Gasteiger partial charge in [-0.05, 0) is 41.8 Å². The van der Waals surface area contributed by atoms with Gasteiger partial charge in [-0.15, -0.1) is 0 Å². The molecular formula is C16H15BrO3. The molecule has 2 aromatic rings. The Morgan fingerprint density at radius 1 is 1.10 bits per heavy atom. The minimum Gasteiger partial charge on any atom is -0.497 e. The topological polar surface area (TPSA) is 27.7 Å². The van der Waals surface area contributed by atoms with Gasteiger partial charge in [-0.1, -0.05) is 34.1 Å². The average Bonchev–Trinajstić information content (AvgIpc) is 2.95. The number of methoxy groups -OCH3 is 1. The summed E-state index contributed by atoms with van der Waals surface area (Å²) in [6.07, 6.45) is 0.906. The third-order valence-electron chi connectivity index (χ3n) is 3.33. The quantitative estimate of drug-likeness (QED) is 0.788. The van der Waals surface area contributed by atoms with E-state index in [9.17, 15) is 0 Å². The molecular weight excluding hydrogens is 320 g/mol. The van der Waals surface area contributed by atoms with Crippen molar-refractivity contribution in [2.24, 2.45) is 0 Å². The van der Waals surface area contributed by atoms with Crippen LogP contribution in [0.1, 0.15) is 16.0 Å². The maximum Gasteiger partial charge on any atom is 0.231 e. The first-order valence-electron chi connectivity index (χ1n) is 6.43. The SMILES string of the molecule is COc1ccc(CC(Br)c2ccc3c(c2)OCO3)cc1. The monoisotopic (exact) mass is 334 g/mol. The zero-order valence-corrected chi connectivity index (χ0v) is 12.7. The van der Waals surface area contributed by atoms with Crippen molar-refractivity contribution in [3.63, 3.8) is 0 Å². The molecule has 0 saturated heterocycles. The van der Waals surface area contributed by atoms with Gasteiger partial charge in [0.15, 0.2) is 11.5 Å². The molecule has 1 atom stereocenters. The summed E-state index contributed by atoms with van der Waals surface area (Å²) < 4.78 is 15.9. The summed E-state index contributed by atoms with van der Waals surface area (Å²) in [5.74, 6) is 2.52. The van der Waals surface area contributed by atoms with Gasteiger partial charge in [0.2, 0.25) is 6.79 Å². The van der Waals surface area contributed by atoms with Gasteiger partial charge in [0.1, 0.15) is 5.75 Å². The van der Waals surface area contributed by atoms with E-state index in [-0.39, 0.29) is 4.83 Å². The highest BCUT2D eigenvalue weighted by Crippen LogP contribution is 2.37. The van der Waals surface area contributed by atoms with E-state index in [4.69, 9.17) is 14.2 Å². The van der Waals surface area contributed by atoms with Gasteiger partial charge < -0.3 is 14.2 Å². The van der Waals surface area contributed by atoms with Gasteiger partial charge in [-0.25, -0.2) is 0 Å². The van der Waals surface area contributed by atoms with E-state index in [1.807, 2.05) is 24.3 Å². The molecule has 0 N–H and O–H groups in total. The normalized spacial score (nSPS) is 14.1. The van der Waals surface area contributed by atoms with Gasteiger partial charge in [0, 0.05) is 4.83 Å². The van der Waals surface area contributed by atoms with Gasteiger partial charge in [0.05, 0.1) is 7.11 Å². The van der Waals surface area contributed by atoms with Crippen molar-refractivity contribution >= 4 is 15.9 Å². The van der Waals surface area contributed by atoms with Gasteiger partial charge in [-0.2, -0.15) is 0 Å². The summed E-state index contributed by atoms with van der Waals surface area (Å²) in [4.78, 5) is 0.241. The molecule has 0 amide bonds. The molecule has 2 aromatic carbocycles. The Kier molecular flexibility index (Phi) is 3.83. The van der Waals surface area contributed by atoms with Crippen molar-refractivity contribution in [2.45, 2.75) is 11.2 Å². The van der Waals surface area contributed by atoms with Gasteiger partial charge in [-0.3, -0.25) is 0 Å². The van der Waals surface area contributed by atoms with Crippen molar-refractivity contribution in [2.75, 3.05) is 13.9 Å². The summed E-state index contributed by atoms with van der Waals surface area (Å²) in [7, 11) is 1.68. The Labute approximate surface area is 126 Å². The minimum absolute atomic E-state index is 0.241. The fourth-order valence-electron chi connectivity index (χ4n) is 2.19. The van der Waals surface area contributed by atoms with Crippen LogP contribution in [-0.2, 0) is 6.42 Å². The van der Waals surface area contributed by atoms with Crippen molar-refractivity contribution in [1.82, 2.24) is 0 Å². The molecule has 1 aliphatic heterocycles. The van der Waals surface area contributed by atoms with Crippen molar-refractivity contribution in [3.05, 3.63) is 53.6 Å². The first-order valence-corrected chi connectivity index (χ1v) is 7.34. The van der Waals surface area contributed by atoms with Gasteiger partial charge >= 0.3 is 0 Å². The van der Waals surface area contributed by atoms with Crippen LogP contribution in [0.15, 0.2) is 42.5 Å². The summed E-state index contributed by atoms with van der Waals surface area (Å²) in [6, 6.07) is 14.2. The highest BCUT2D eigenvalue weighted by atomic mass is 79.9. The lowest BCUT2D eigenvalue weighted by molar-refractivity contribution is 0.174. The Hall–Kier alpha value is -1.68. The lowest BCUT2D eigenvalue weighted by Gasteiger charge is -2.11. The number of hydrogen-bond donors (Lipinski definition) is 0. The highest BCUT2D eigenvalue weighted by molar-refractivity contribution is 9.09. The van der Waals surface area contributed by atoms with Crippen LogP contribution in [0.25, 0.3) is 0 Å². The summed E-state index contributed by atoms with van der Waals surface area (Å²) in [5, 5.41) is 0. The van der Waals surface area contributed by atoms with Crippen LogP contribution in [0, 0.1) is 0 Å². The number of fused-ring (bicyclic) bond motifs is 1. The van der Waals surface area contributed by atoms with Crippen molar-refractivity contribution < 1.29 is 14.2 Å². The molecule has 3 nitrogen and oxygen atoms in total. The Morgan fingerprint density at radius 2 is 1.85 bits per heavy atom. The molecule has 0 fully saturated rings. The molecule has 0 spiro atoms. The molecule has 1 heterocycles. The van der Waals surface area contributed by atoms with Gasteiger partial charge in [0.25, 0.3) is 0 Å². The number of hydrogen-bond acceptors (Lipinski definition) is 3. The number of ether oxygens (including phenoxy) is 3. The second-order valence-corrected chi connectivity index (χ2v) is 5.74. The van der Waals surface area contributed by atoms with Crippen LogP contribution >= 0.6 is 15.9 Å². The molecule has 0 aromatic heterocycles. The van der Waals surface area contributed by atoms with Crippen molar-refractivity contribution in [3.8, 4) is 17.2 Å². The summed E-state index contributed by atoms with van der Waals surface area (Å²) >= 11 is 3.74. The summed E-state index contributed by atoms with van der Waals surface area (Å²) in [5.41, 5.74) is 2.44. The standard InChI is InChI=1S/C16H15BrO3/c1-18-13-5-2-11(3-6-13)8-14(17)12-4-7-15-16(9-12)20-10-19-15/h2-7,9,14H,8,10H2,1H3. The van der Waals surface area contributed by atoms with E-state index in [1.54, 1.807) is 7.11 Å². The van der Waals surface area contributed by atoms with Crippen LogP contribution in [0.2, 0.25) is 0 Å². The van der Waals surface area contributed by atoms with Crippen LogP contribution in [-0.4, -0.2) is 13.9 Å². The third-order valence-corrected chi connectivity index (χ3v) is 4.18. The number of halogens is 1. The average molecular weight is 335 g/mol. The fraction of sp³-hybridized carbons (Fsp3) is 0.250. The smallest absolute Gasteiger partial charge is 0.231 e. The third kappa shape index (κ3) is 2.75. The maximum atomic E-state index is 5.41. The second kappa shape index (κ2) is 5.75. The van der Waals surface area contributed by atoms with Crippen LogP contribution in [0.3, 0.4) is 0 Å². The van der Waals surface area contributed by atoms with Crippen LogP contribution in [0.4, 0.5) is 0 Å². The Balaban J connectivity index is 1.73. The maximum absolute atomic E-state index is 5.41. The molecule has 20 heavy (non-hydrogen) atoms. The molecule has 0 saturated carbocycles. The minimum atomic E-state index is 0.241. The molecule has 4 heteroatoms. The van der Waals surface area contributed by atoms with Crippen LogP contribution < -0.4 is 14.2 Å². The molecule has 3 rings (SSSR count). The zero-order valence-electron chi connectivity index (χ0n) is 11.1. The van der Waals surface area contributed by atoms with E-state index < -0.39 is 0 Å². The predicted octanol–water partition coefficient (Wildman–Crippen LogP) is 4.10. The van der Waals surface area contributed by atoms with E-state index in [0.717, 1.165) is 23.7 Å². The fourth-order valence-corrected chi connectivity index (χ4v) is 2.85. The lowest BCUT2D eigenvalue weighted by atomic mass is 10.0. The Bertz CT molecular complexity index is 595. The van der Waals surface area contributed by atoms with E-state index >= 15 is 0 Å². The first-order chi connectivity index (χ1) is 9.76. The predicted molar refractivity (Wildman–Crippen MR) is 80.9 cm³/mol. The number of rotatable bonds is 4. The molecule has 0 bridgehead atoms. The lowest BCUT2D eigenvalue weighted by Crippen LogP contribution is -1.96. The zero-order chi connectivity index (χ0) is 13.9. The molecule has 1 unspecified atom stereocenters. The molecule has 1 aliphatic rings. The largest absolute Gasteiger partial charge is 0.497 e.